The lowest BCUT2D eigenvalue weighted by Crippen LogP contribution is -2.57. The minimum Gasteiger partial charge on any atom is -0.391 e. The van der Waals surface area contributed by atoms with Crippen LogP contribution in [-0.2, 0) is 26.2 Å². The zero-order chi connectivity index (χ0) is 28.7. The number of nitrogens with one attached hydrogen (secondary N) is 4. The molecule has 0 saturated heterocycles. The van der Waals surface area contributed by atoms with Gasteiger partial charge in [-0.15, -0.1) is 0 Å². The molecule has 3 aromatic carbocycles. The highest BCUT2D eigenvalue weighted by molar-refractivity contribution is 7.89. The van der Waals surface area contributed by atoms with Gasteiger partial charge in [0, 0.05) is 12.1 Å². The van der Waals surface area contributed by atoms with Crippen LogP contribution in [0.15, 0.2) is 71.6 Å². The van der Waals surface area contributed by atoms with E-state index < -0.39 is 40.0 Å². The van der Waals surface area contributed by atoms with Crippen LogP contribution in [0.5, 0.6) is 0 Å². The predicted molar refractivity (Wildman–Crippen MR) is 150 cm³/mol. The van der Waals surface area contributed by atoms with E-state index in [1.54, 1.807) is 42.5 Å². The molecule has 0 radical (unpaired) electrons. The van der Waals surface area contributed by atoms with Crippen LogP contribution in [0.3, 0.4) is 0 Å². The number of benzene rings is 3. The summed E-state index contributed by atoms with van der Waals surface area (Å²) in [6.45, 7) is 5.26. The molecule has 0 saturated carbocycles. The molecule has 7 N–H and O–H groups in total. The smallest absolute Gasteiger partial charge is 0.242 e. The summed E-state index contributed by atoms with van der Waals surface area (Å²) in [7, 11) is -4.17. The normalized spacial score (nSPS) is 14.0. The molecule has 2 amide bonds. The molecular formula is C28H35N5O5S. The fourth-order valence-corrected chi connectivity index (χ4v) is 5.32. The molecule has 0 aliphatic carbocycles. The predicted octanol–water partition coefficient (Wildman–Crippen LogP) is 2.00. The monoisotopic (exact) mass is 553 g/mol. The molecule has 11 heteroatoms. The van der Waals surface area contributed by atoms with E-state index in [1.165, 1.54) is 19.1 Å². The molecular weight excluding hydrogens is 518 g/mol. The molecule has 0 heterocycles. The number of fused-ring (bicyclic) bond motifs is 1. The summed E-state index contributed by atoms with van der Waals surface area (Å²) in [6.07, 6.45) is -1.08. The quantitative estimate of drug-likeness (QED) is 0.148. The zero-order valence-corrected chi connectivity index (χ0v) is 23.0. The maximum atomic E-state index is 13.2. The third-order valence-corrected chi connectivity index (χ3v) is 7.59. The number of hydrogen-bond donors (Lipinski definition) is 6. The Hall–Kier alpha value is -3.80. The van der Waals surface area contributed by atoms with Crippen molar-refractivity contribution in [2.75, 3.05) is 0 Å². The molecule has 0 aliphatic heterocycles. The molecule has 0 bridgehead atoms. The van der Waals surface area contributed by atoms with Crippen LogP contribution in [-0.4, -0.2) is 49.4 Å². The highest BCUT2D eigenvalue weighted by Crippen LogP contribution is 2.19. The third kappa shape index (κ3) is 8.09. The lowest BCUT2D eigenvalue weighted by Gasteiger charge is -2.25. The Balaban J connectivity index is 1.72. The number of hydrogen-bond acceptors (Lipinski definition) is 6. The van der Waals surface area contributed by atoms with Gasteiger partial charge < -0.3 is 21.5 Å². The van der Waals surface area contributed by atoms with Crippen molar-refractivity contribution >= 4 is 38.4 Å². The number of aliphatic hydroxyl groups is 1. The van der Waals surface area contributed by atoms with Crippen molar-refractivity contribution in [1.29, 1.82) is 5.41 Å². The molecule has 10 nitrogen and oxygen atoms in total. The van der Waals surface area contributed by atoms with Crippen molar-refractivity contribution in [2.24, 2.45) is 11.7 Å². The second-order valence-corrected chi connectivity index (χ2v) is 11.6. The summed E-state index contributed by atoms with van der Waals surface area (Å²) >= 11 is 0. The maximum Gasteiger partial charge on any atom is 0.242 e. The van der Waals surface area contributed by atoms with Gasteiger partial charge in [0.1, 0.15) is 17.9 Å². The Labute approximate surface area is 228 Å². The molecule has 3 aromatic rings. The van der Waals surface area contributed by atoms with Crippen LogP contribution in [0.25, 0.3) is 10.8 Å². The SMILES string of the molecule is CC(C)CC(NC(=O)[C@H](NS(=O)(=O)c1ccc2ccccc2c1)C(C)O)C(=O)NCc1ccc(C(=N)N)cc1. The van der Waals surface area contributed by atoms with E-state index >= 15 is 0 Å². The highest BCUT2D eigenvalue weighted by Gasteiger charge is 2.32. The average Bonchev–Trinajstić information content (AvgIpc) is 2.89. The number of aliphatic hydroxyl groups excluding tert-OH is 1. The average molecular weight is 554 g/mol. The molecule has 0 spiro atoms. The van der Waals surface area contributed by atoms with Gasteiger partial charge in [0.05, 0.1) is 11.0 Å². The van der Waals surface area contributed by atoms with Crippen LogP contribution >= 0.6 is 0 Å². The van der Waals surface area contributed by atoms with E-state index in [9.17, 15) is 23.1 Å². The van der Waals surface area contributed by atoms with Gasteiger partial charge >= 0.3 is 0 Å². The van der Waals surface area contributed by atoms with Gasteiger partial charge in [0.25, 0.3) is 0 Å². The minimum atomic E-state index is -4.17. The molecule has 0 aromatic heterocycles. The van der Waals surface area contributed by atoms with Gasteiger partial charge in [-0.3, -0.25) is 15.0 Å². The Kier molecular flexibility index (Phi) is 9.79. The topological polar surface area (TPSA) is 174 Å². The number of amidine groups is 1. The number of sulfonamides is 1. The van der Waals surface area contributed by atoms with Gasteiger partial charge in [0.2, 0.25) is 21.8 Å². The highest BCUT2D eigenvalue weighted by atomic mass is 32.2. The second kappa shape index (κ2) is 12.8. The summed E-state index contributed by atoms with van der Waals surface area (Å²) < 4.78 is 28.5. The van der Waals surface area contributed by atoms with Crippen molar-refractivity contribution in [1.82, 2.24) is 15.4 Å². The summed E-state index contributed by atoms with van der Waals surface area (Å²) in [6, 6.07) is 16.2. The van der Waals surface area contributed by atoms with E-state index in [0.29, 0.717) is 17.4 Å². The van der Waals surface area contributed by atoms with E-state index in [-0.39, 0.29) is 23.2 Å². The first-order valence-corrected chi connectivity index (χ1v) is 14.1. The van der Waals surface area contributed by atoms with Crippen molar-refractivity contribution in [3.63, 3.8) is 0 Å². The number of carbonyl (C=O) groups is 2. The van der Waals surface area contributed by atoms with E-state index in [1.807, 2.05) is 26.0 Å². The van der Waals surface area contributed by atoms with Crippen LogP contribution in [0.4, 0.5) is 0 Å². The summed E-state index contributed by atoms with van der Waals surface area (Å²) in [5, 5.41) is 24.7. The van der Waals surface area contributed by atoms with Crippen molar-refractivity contribution in [3.05, 3.63) is 77.9 Å². The van der Waals surface area contributed by atoms with Crippen LogP contribution in [0.2, 0.25) is 0 Å². The molecule has 3 atom stereocenters. The van der Waals surface area contributed by atoms with Gasteiger partial charge in [-0.25, -0.2) is 8.42 Å². The summed E-state index contributed by atoms with van der Waals surface area (Å²) in [4.78, 5) is 26.1. The number of rotatable bonds is 12. The lowest BCUT2D eigenvalue weighted by molar-refractivity contribution is -0.131. The largest absolute Gasteiger partial charge is 0.391 e. The van der Waals surface area contributed by atoms with Gasteiger partial charge in [0.15, 0.2) is 0 Å². The van der Waals surface area contributed by atoms with Gasteiger partial charge in [-0.1, -0.05) is 68.4 Å². The second-order valence-electron chi connectivity index (χ2n) is 9.87. The fourth-order valence-electron chi connectivity index (χ4n) is 4.02. The van der Waals surface area contributed by atoms with E-state index in [0.717, 1.165) is 10.9 Å². The summed E-state index contributed by atoms with van der Waals surface area (Å²) in [5.41, 5.74) is 6.80. The molecule has 0 fully saturated rings. The van der Waals surface area contributed by atoms with Crippen molar-refractivity contribution in [3.8, 4) is 0 Å². The Morgan fingerprint density at radius 3 is 2.18 bits per heavy atom. The number of carbonyl (C=O) groups excluding carboxylic acids is 2. The molecule has 0 aliphatic rings. The Morgan fingerprint density at radius 1 is 0.949 bits per heavy atom. The maximum absolute atomic E-state index is 13.2. The van der Waals surface area contributed by atoms with Crippen molar-refractivity contribution < 1.29 is 23.1 Å². The first kappa shape index (κ1) is 29.8. The van der Waals surface area contributed by atoms with Crippen LogP contribution in [0, 0.1) is 11.3 Å². The van der Waals surface area contributed by atoms with E-state index in [2.05, 4.69) is 15.4 Å². The third-order valence-electron chi connectivity index (χ3n) is 6.15. The molecule has 2 unspecified atom stereocenters. The Morgan fingerprint density at radius 2 is 1.59 bits per heavy atom. The Bertz CT molecular complexity index is 1440. The first-order valence-electron chi connectivity index (χ1n) is 12.6. The standard InChI is InChI=1S/C28H35N5O5S/c1-17(2)14-24(27(35)31-16-19-8-10-21(11-9-19)26(29)30)32-28(36)25(18(3)34)33-39(37,38)23-13-12-20-6-4-5-7-22(20)15-23/h4-13,15,17-18,24-25,33-34H,14,16H2,1-3H3,(H3,29,30)(H,31,35)(H,32,36)/t18?,24?,25-/m1/s1. The number of amides is 2. The van der Waals surface area contributed by atoms with Gasteiger partial charge in [-0.2, -0.15) is 4.72 Å². The fraction of sp³-hybridized carbons (Fsp3) is 0.321. The summed E-state index contributed by atoms with van der Waals surface area (Å²) in [5.74, 6) is -1.29. The van der Waals surface area contributed by atoms with Crippen LogP contribution in [0.1, 0.15) is 38.3 Å². The molecule has 39 heavy (non-hydrogen) atoms. The first-order chi connectivity index (χ1) is 18.4. The van der Waals surface area contributed by atoms with Crippen LogP contribution < -0.4 is 21.1 Å². The van der Waals surface area contributed by atoms with E-state index in [4.69, 9.17) is 11.1 Å². The molecule has 3 rings (SSSR count). The minimum absolute atomic E-state index is 0.0372. The van der Waals surface area contributed by atoms with Gasteiger partial charge in [-0.05, 0) is 47.7 Å². The molecule has 208 valence electrons. The zero-order valence-electron chi connectivity index (χ0n) is 22.1. The number of nitrogen functional groups attached to an aromatic ring is 1. The van der Waals surface area contributed by atoms with Crippen molar-refractivity contribution in [2.45, 2.75) is 56.8 Å². The lowest BCUT2D eigenvalue weighted by atomic mass is 10.0. The number of nitrogens with two attached hydrogens (primary N) is 1.